The van der Waals surface area contributed by atoms with Gasteiger partial charge in [0.15, 0.2) is 5.82 Å². The van der Waals surface area contributed by atoms with Gasteiger partial charge in [0.2, 0.25) is 0 Å². The molecule has 1 aromatic carbocycles. The van der Waals surface area contributed by atoms with Gasteiger partial charge in [-0.25, -0.2) is 9.07 Å². The molecule has 1 aliphatic rings. The van der Waals surface area contributed by atoms with Crippen LogP contribution in [0.2, 0.25) is 0 Å². The van der Waals surface area contributed by atoms with Crippen LogP contribution in [0.15, 0.2) is 18.2 Å². The van der Waals surface area contributed by atoms with Crippen molar-refractivity contribution in [2.24, 2.45) is 5.92 Å². The maximum atomic E-state index is 13.9. The van der Waals surface area contributed by atoms with Crippen LogP contribution in [0.5, 0.6) is 0 Å². The second-order valence-corrected chi connectivity index (χ2v) is 5.07. The van der Waals surface area contributed by atoms with Crippen molar-refractivity contribution < 1.29 is 4.39 Å². The van der Waals surface area contributed by atoms with E-state index in [9.17, 15) is 4.39 Å². The van der Waals surface area contributed by atoms with Gasteiger partial charge in [0.1, 0.15) is 5.82 Å². The minimum absolute atomic E-state index is 0.350. The van der Waals surface area contributed by atoms with Gasteiger partial charge in [0, 0.05) is 12.2 Å². The summed E-state index contributed by atoms with van der Waals surface area (Å²) in [6.45, 7) is 0.747. The fourth-order valence-corrected chi connectivity index (χ4v) is 2.67. The highest BCUT2D eigenvalue weighted by atomic mass is 19.1. The van der Waals surface area contributed by atoms with E-state index >= 15 is 0 Å². The second-order valence-electron chi connectivity index (χ2n) is 5.07. The number of nitrogens with zero attached hydrogens (tertiary/aromatic N) is 4. The number of aromatic nitrogens is 4. The Kier molecular flexibility index (Phi) is 3.15. The van der Waals surface area contributed by atoms with Crippen molar-refractivity contribution in [1.29, 1.82) is 0 Å². The average Bonchev–Trinajstić information content (AvgIpc) is 3.04. The topological polar surface area (TPSA) is 69.6 Å². The molecule has 0 bridgehead atoms. The molecule has 5 nitrogen and oxygen atoms in total. The number of rotatable bonds is 3. The van der Waals surface area contributed by atoms with Gasteiger partial charge >= 0.3 is 0 Å². The first-order chi connectivity index (χ1) is 9.24. The Bertz CT molecular complexity index is 574. The number of benzene rings is 1. The molecule has 2 N–H and O–H groups in total. The quantitative estimate of drug-likeness (QED) is 0.860. The monoisotopic (exact) mass is 261 g/mol. The van der Waals surface area contributed by atoms with Gasteiger partial charge in [-0.15, -0.1) is 5.10 Å². The Labute approximate surface area is 110 Å². The molecule has 0 amide bonds. The van der Waals surface area contributed by atoms with Crippen molar-refractivity contribution >= 4 is 5.69 Å². The molecule has 6 heteroatoms. The first-order valence-electron chi connectivity index (χ1n) is 6.55. The number of tetrazole rings is 1. The summed E-state index contributed by atoms with van der Waals surface area (Å²) in [5.74, 6) is 0.694. The van der Waals surface area contributed by atoms with Gasteiger partial charge in [0.25, 0.3) is 0 Å². The predicted octanol–water partition coefficient (Wildman–Crippen LogP) is 2.25. The summed E-state index contributed by atoms with van der Waals surface area (Å²) >= 11 is 0. The molecule has 1 saturated carbocycles. The molecule has 0 unspecified atom stereocenters. The van der Waals surface area contributed by atoms with Gasteiger partial charge in [-0.05, 0) is 47.4 Å². The molecule has 0 aliphatic heterocycles. The lowest BCUT2D eigenvalue weighted by Gasteiger charge is -2.10. The van der Waals surface area contributed by atoms with Crippen molar-refractivity contribution in [3.63, 3.8) is 0 Å². The van der Waals surface area contributed by atoms with Crippen LogP contribution in [0.4, 0.5) is 10.1 Å². The minimum Gasteiger partial charge on any atom is -0.399 e. The SMILES string of the molecule is Nc1ccc(F)c(-c2nnnn2CC2CCCC2)c1. The third-order valence-electron chi connectivity index (χ3n) is 3.67. The summed E-state index contributed by atoms with van der Waals surface area (Å²) in [5.41, 5.74) is 6.57. The van der Waals surface area contributed by atoms with E-state index in [1.165, 1.54) is 37.8 Å². The first kappa shape index (κ1) is 12.1. The summed E-state index contributed by atoms with van der Waals surface area (Å²) in [6.07, 6.45) is 4.90. The van der Waals surface area contributed by atoms with Crippen LogP contribution in [-0.4, -0.2) is 20.2 Å². The molecule has 19 heavy (non-hydrogen) atoms. The Balaban J connectivity index is 1.92. The van der Waals surface area contributed by atoms with E-state index in [2.05, 4.69) is 15.5 Å². The lowest BCUT2D eigenvalue weighted by Crippen LogP contribution is -2.11. The van der Waals surface area contributed by atoms with Crippen LogP contribution < -0.4 is 5.73 Å². The van der Waals surface area contributed by atoms with Crippen molar-refractivity contribution in [2.75, 3.05) is 5.73 Å². The van der Waals surface area contributed by atoms with Crippen LogP contribution in [0.1, 0.15) is 25.7 Å². The molecule has 2 aromatic rings. The van der Waals surface area contributed by atoms with Gasteiger partial charge < -0.3 is 5.73 Å². The average molecular weight is 261 g/mol. The maximum Gasteiger partial charge on any atom is 0.185 e. The Morgan fingerprint density at radius 1 is 1.32 bits per heavy atom. The Hall–Kier alpha value is -1.98. The third kappa shape index (κ3) is 2.43. The number of hydrogen-bond acceptors (Lipinski definition) is 4. The highest BCUT2D eigenvalue weighted by Crippen LogP contribution is 2.28. The summed E-state index contributed by atoms with van der Waals surface area (Å²) in [6, 6.07) is 4.45. The molecule has 1 fully saturated rings. The van der Waals surface area contributed by atoms with Crippen molar-refractivity contribution in [2.45, 2.75) is 32.2 Å². The molecule has 3 rings (SSSR count). The van der Waals surface area contributed by atoms with Crippen molar-refractivity contribution in [1.82, 2.24) is 20.2 Å². The molecule has 1 aliphatic carbocycles. The highest BCUT2D eigenvalue weighted by molar-refractivity contribution is 5.61. The number of anilines is 1. The molecule has 1 aromatic heterocycles. The zero-order valence-electron chi connectivity index (χ0n) is 10.6. The second kappa shape index (κ2) is 4.95. The van der Waals surface area contributed by atoms with E-state index in [4.69, 9.17) is 5.73 Å². The van der Waals surface area contributed by atoms with Crippen molar-refractivity contribution in [3.05, 3.63) is 24.0 Å². The maximum absolute atomic E-state index is 13.9. The van der Waals surface area contributed by atoms with Gasteiger partial charge in [0.05, 0.1) is 5.56 Å². The summed E-state index contributed by atoms with van der Waals surface area (Å²) < 4.78 is 15.6. The van der Waals surface area contributed by atoms with Gasteiger partial charge in [-0.2, -0.15) is 0 Å². The molecule has 100 valence electrons. The van der Waals surface area contributed by atoms with Crippen LogP contribution in [0.3, 0.4) is 0 Å². The highest BCUT2D eigenvalue weighted by Gasteiger charge is 2.20. The van der Waals surface area contributed by atoms with E-state index in [1.807, 2.05) is 0 Å². The van der Waals surface area contributed by atoms with E-state index in [0.29, 0.717) is 23.0 Å². The number of nitrogen functional groups attached to an aromatic ring is 1. The lowest BCUT2D eigenvalue weighted by molar-refractivity contribution is 0.424. The smallest absolute Gasteiger partial charge is 0.185 e. The zero-order valence-corrected chi connectivity index (χ0v) is 10.6. The Morgan fingerprint density at radius 2 is 2.11 bits per heavy atom. The molecule has 0 saturated heterocycles. The van der Waals surface area contributed by atoms with E-state index in [1.54, 1.807) is 10.7 Å². The third-order valence-corrected chi connectivity index (χ3v) is 3.67. The molecule has 0 atom stereocenters. The predicted molar refractivity (Wildman–Crippen MR) is 69.6 cm³/mol. The minimum atomic E-state index is -0.350. The standard InChI is InChI=1S/C13H16FN5/c14-12-6-5-10(15)7-11(12)13-16-17-18-19(13)8-9-3-1-2-4-9/h5-7,9H,1-4,8,15H2. The van der Waals surface area contributed by atoms with E-state index < -0.39 is 0 Å². The van der Waals surface area contributed by atoms with Crippen LogP contribution in [0, 0.1) is 11.7 Å². The van der Waals surface area contributed by atoms with Crippen LogP contribution in [0.25, 0.3) is 11.4 Å². The molecular formula is C13H16FN5. The lowest BCUT2D eigenvalue weighted by atomic mass is 10.1. The number of nitrogens with two attached hydrogens (primary N) is 1. The molecular weight excluding hydrogens is 245 g/mol. The van der Waals surface area contributed by atoms with Crippen LogP contribution >= 0.6 is 0 Å². The van der Waals surface area contributed by atoms with Gasteiger partial charge in [-0.1, -0.05) is 12.8 Å². The first-order valence-corrected chi connectivity index (χ1v) is 6.55. The van der Waals surface area contributed by atoms with Gasteiger partial charge in [-0.3, -0.25) is 0 Å². The summed E-state index contributed by atoms with van der Waals surface area (Å²) in [7, 11) is 0. The fourth-order valence-electron chi connectivity index (χ4n) is 2.67. The Morgan fingerprint density at radius 3 is 2.89 bits per heavy atom. The summed E-state index contributed by atoms with van der Waals surface area (Å²) in [4.78, 5) is 0. The van der Waals surface area contributed by atoms with Crippen LogP contribution in [-0.2, 0) is 6.54 Å². The molecule has 1 heterocycles. The fraction of sp³-hybridized carbons (Fsp3) is 0.462. The van der Waals surface area contributed by atoms with Crippen molar-refractivity contribution in [3.8, 4) is 11.4 Å². The number of halogens is 1. The van der Waals surface area contributed by atoms with E-state index in [0.717, 1.165) is 6.54 Å². The summed E-state index contributed by atoms with van der Waals surface area (Å²) in [5, 5.41) is 11.6. The molecule has 0 radical (unpaired) electrons. The van der Waals surface area contributed by atoms with E-state index in [-0.39, 0.29) is 5.82 Å². The largest absolute Gasteiger partial charge is 0.399 e. The normalized spacial score (nSPS) is 16.1. The number of hydrogen-bond donors (Lipinski definition) is 1. The molecule has 0 spiro atoms. The zero-order chi connectivity index (χ0) is 13.2.